The van der Waals surface area contributed by atoms with Gasteiger partial charge in [-0.3, -0.25) is 10.2 Å². The molecule has 1 amide bonds. The molecule has 1 saturated heterocycles. The number of likely N-dealkylation sites (tertiary alicyclic amines) is 1. The molecule has 0 radical (unpaired) electrons. The van der Waals surface area contributed by atoms with E-state index in [1.54, 1.807) is 0 Å². The number of rotatable bonds is 4. The van der Waals surface area contributed by atoms with Crippen molar-refractivity contribution in [2.45, 2.75) is 52.0 Å². The van der Waals surface area contributed by atoms with Crippen molar-refractivity contribution in [1.29, 1.82) is 5.41 Å². The molecule has 1 unspecified atom stereocenters. The number of nitrogens with two attached hydrogens (primary N) is 1. The van der Waals surface area contributed by atoms with Gasteiger partial charge in [0.1, 0.15) is 0 Å². The van der Waals surface area contributed by atoms with Gasteiger partial charge in [-0.05, 0) is 25.7 Å². The molecule has 0 saturated carbocycles. The molecule has 4 nitrogen and oxygen atoms in total. The Hall–Kier alpha value is -1.06. The lowest BCUT2D eigenvalue weighted by Gasteiger charge is -2.37. The Morgan fingerprint density at radius 2 is 2.19 bits per heavy atom. The Kier molecular flexibility index (Phi) is 4.77. The number of piperidine rings is 1. The highest BCUT2D eigenvalue weighted by Crippen LogP contribution is 2.22. The maximum absolute atomic E-state index is 12.0. The predicted octanol–water partition coefficient (Wildman–Crippen LogP) is 1.74. The van der Waals surface area contributed by atoms with Crippen LogP contribution in [0.3, 0.4) is 0 Å². The smallest absolute Gasteiger partial charge is 0.225 e. The van der Waals surface area contributed by atoms with Crippen LogP contribution < -0.4 is 5.73 Å². The molecular weight excluding hydrogens is 202 g/mol. The molecule has 1 heterocycles. The number of carbonyl (C=O) groups is 1. The molecule has 0 aromatic rings. The molecule has 0 spiro atoms. The third kappa shape index (κ3) is 3.51. The summed E-state index contributed by atoms with van der Waals surface area (Å²) in [5.74, 6) is 0.536. The van der Waals surface area contributed by atoms with Crippen LogP contribution in [0, 0.1) is 11.3 Å². The van der Waals surface area contributed by atoms with Gasteiger partial charge in [0.25, 0.3) is 0 Å². The summed E-state index contributed by atoms with van der Waals surface area (Å²) in [6.07, 6.45) is 4.80. The number of nitrogens with zero attached hydrogens (tertiary/aromatic N) is 1. The molecule has 1 aliphatic rings. The highest BCUT2D eigenvalue weighted by atomic mass is 16.2. The Bertz CT molecular complexity index is 263. The van der Waals surface area contributed by atoms with E-state index in [9.17, 15) is 4.79 Å². The molecule has 0 bridgehead atoms. The van der Waals surface area contributed by atoms with E-state index in [4.69, 9.17) is 11.1 Å². The highest BCUT2D eigenvalue weighted by Gasteiger charge is 2.27. The second-order valence-electron chi connectivity index (χ2n) is 4.90. The third-order valence-corrected chi connectivity index (χ3v) is 3.15. The van der Waals surface area contributed by atoms with Crippen LogP contribution in [-0.4, -0.2) is 29.2 Å². The molecule has 0 aromatic carbocycles. The van der Waals surface area contributed by atoms with Gasteiger partial charge < -0.3 is 10.6 Å². The fourth-order valence-electron chi connectivity index (χ4n) is 2.24. The zero-order valence-electron chi connectivity index (χ0n) is 10.3. The molecule has 1 fully saturated rings. The van der Waals surface area contributed by atoms with Crippen molar-refractivity contribution < 1.29 is 4.79 Å². The van der Waals surface area contributed by atoms with Crippen LogP contribution in [0.25, 0.3) is 0 Å². The molecule has 1 rings (SSSR count). The first-order valence-electron chi connectivity index (χ1n) is 6.15. The van der Waals surface area contributed by atoms with Crippen molar-refractivity contribution in [3.05, 3.63) is 0 Å². The first kappa shape index (κ1) is 13.0. The van der Waals surface area contributed by atoms with E-state index >= 15 is 0 Å². The lowest BCUT2D eigenvalue weighted by atomic mass is 9.96. The van der Waals surface area contributed by atoms with E-state index in [0.717, 1.165) is 25.8 Å². The molecule has 16 heavy (non-hydrogen) atoms. The first-order valence-corrected chi connectivity index (χ1v) is 6.15. The molecule has 4 heteroatoms. The Labute approximate surface area is 97.7 Å². The summed E-state index contributed by atoms with van der Waals surface area (Å²) in [5, 5.41) is 7.24. The Morgan fingerprint density at radius 3 is 2.75 bits per heavy atom. The van der Waals surface area contributed by atoms with Gasteiger partial charge in [-0.15, -0.1) is 0 Å². The number of amidine groups is 1. The summed E-state index contributed by atoms with van der Waals surface area (Å²) in [6.45, 7) is 4.76. The SMILES string of the molecule is CC(C)C(=O)N1CCCCC1CCC(=N)N. The molecular formula is C12H23N3O. The largest absolute Gasteiger partial charge is 0.388 e. The zero-order chi connectivity index (χ0) is 12.1. The van der Waals surface area contributed by atoms with E-state index in [2.05, 4.69) is 0 Å². The molecule has 3 N–H and O–H groups in total. The van der Waals surface area contributed by atoms with Gasteiger partial charge in [0.15, 0.2) is 0 Å². The van der Waals surface area contributed by atoms with Gasteiger partial charge in [-0.2, -0.15) is 0 Å². The highest BCUT2D eigenvalue weighted by molar-refractivity contribution is 5.79. The van der Waals surface area contributed by atoms with Gasteiger partial charge in [-0.1, -0.05) is 13.8 Å². The summed E-state index contributed by atoms with van der Waals surface area (Å²) >= 11 is 0. The Morgan fingerprint density at radius 1 is 1.50 bits per heavy atom. The summed E-state index contributed by atoms with van der Waals surface area (Å²) in [6, 6.07) is 0.299. The lowest BCUT2D eigenvalue weighted by molar-refractivity contribution is -0.138. The van der Waals surface area contributed by atoms with Gasteiger partial charge in [-0.25, -0.2) is 0 Å². The van der Waals surface area contributed by atoms with Crippen LogP contribution in [-0.2, 0) is 4.79 Å². The van der Waals surface area contributed by atoms with Crippen molar-refractivity contribution in [3.63, 3.8) is 0 Å². The fourth-order valence-corrected chi connectivity index (χ4v) is 2.24. The number of hydrogen-bond acceptors (Lipinski definition) is 2. The number of carbonyl (C=O) groups excluding carboxylic acids is 1. The molecule has 0 aliphatic carbocycles. The second-order valence-corrected chi connectivity index (χ2v) is 4.90. The summed E-state index contributed by atoms with van der Waals surface area (Å²) in [7, 11) is 0. The minimum Gasteiger partial charge on any atom is -0.388 e. The van der Waals surface area contributed by atoms with E-state index in [1.807, 2.05) is 18.7 Å². The van der Waals surface area contributed by atoms with Crippen LogP contribution in [0.5, 0.6) is 0 Å². The van der Waals surface area contributed by atoms with Crippen LogP contribution in [0.15, 0.2) is 0 Å². The van der Waals surface area contributed by atoms with Gasteiger partial charge in [0, 0.05) is 24.9 Å². The fraction of sp³-hybridized carbons (Fsp3) is 0.833. The van der Waals surface area contributed by atoms with Crippen molar-refractivity contribution in [1.82, 2.24) is 4.90 Å². The monoisotopic (exact) mass is 225 g/mol. The van der Waals surface area contributed by atoms with Crippen molar-refractivity contribution >= 4 is 11.7 Å². The zero-order valence-corrected chi connectivity index (χ0v) is 10.3. The van der Waals surface area contributed by atoms with Gasteiger partial charge in [0.05, 0.1) is 5.84 Å². The van der Waals surface area contributed by atoms with Crippen LogP contribution in [0.4, 0.5) is 0 Å². The number of hydrogen-bond donors (Lipinski definition) is 2. The lowest BCUT2D eigenvalue weighted by Crippen LogP contribution is -2.45. The maximum Gasteiger partial charge on any atom is 0.225 e. The number of amides is 1. The van der Waals surface area contributed by atoms with E-state index in [-0.39, 0.29) is 17.7 Å². The minimum atomic E-state index is 0.0675. The normalized spacial score (nSPS) is 21.2. The van der Waals surface area contributed by atoms with Gasteiger partial charge in [0.2, 0.25) is 5.91 Å². The molecule has 92 valence electrons. The summed E-state index contributed by atoms with van der Waals surface area (Å²) in [5.41, 5.74) is 5.37. The topological polar surface area (TPSA) is 70.2 Å². The second kappa shape index (κ2) is 5.87. The van der Waals surface area contributed by atoms with Gasteiger partial charge >= 0.3 is 0 Å². The summed E-state index contributed by atoms with van der Waals surface area (Å²) < 4.78 is 0. The van der Waals surface area contributed by atoms with Crippen LogP contribution in [0.1, 0.15) is 46.0 Å². The van der Waals surface area contributed by atoms with E-state index in [1.165, 1.54) is 6.42 Å². The molecule has 0 aromatic heterocycles. The van der Waals surface area contributed by atoms with Crippen molar-refractivity contribution in [2.75, 3.05) is 6.54 Å². The quantitative estimate of drug-likeness (QED) is 0.565. The number of nitrogens with one attached hydrogen (secondary N) is 1. The van der Waals surface area contributed by atoms with E-state index in [0.29, 0.717) is 12.5 Å². The third-order valence-electron chi connectivity index (χ3n) is 3.15. The van der Waals surface area contributed by atoms with E-state index < -0.39 is 0 Å². The van der Waals surface area contributed by atoms with Crippen LogP contribution >= 0.6 is 0 Å². The average molecular weight is 225 g/mol. The molecule has 1 aliphatic heterocycles. The standard InChI is InChI=1S/C12H23N3O/c1-9(2)12(16)15-8-4-3-5-10(15)6-7-11(13)14/h9-10H,3-8H2,1-2H3,(H3,13,14). The first-order chi connectivity index (χ1) is 7.52. The maximum atomic E-state index is 12.0. The molecule has 1 atom stereocenters. The average Bonchev–Trinajstić information content (AvgIpc) is 2.25. The van der Waals surface area contributed by atoms with Crippen molar-refractivity contribution in [3.8, 4) is 0 Å². The van der Waals surface area contributed by atoms with Crippen molar-refractivity contribution in [2.24, 2.45) is 11.7 Å². The van der Waals surface area contributed by atoms with Crippen LogP contribution in [0.2, 0.25) is 0 Å². The Balaban J connectivity index is 2.56. The summed E-state index contributed by atoms with van der Waals surface area (Å²) in [4.78, 5) is 14.0. The predicted molar refractivity (Wildman–Crippen MR) is 65.3 cm³/mol. The minimum absolute atomic E-state index is 0.0675.